The largest absolute Gasteiger partial charge is 0.401 e. The number of rotatable bonds is 1. The topological polar surface area (TPSA) is 20.3 Å². The summed E-state index contributed by atoms with van der Waals surface area (Å²) >= 11 is 0. The molecule has 2 nitrogen and oxygen atoms in total. The predicted molar refractivity (Wildman–Crippen MR) is 82.4 cm³/mol. The molecule has 1 aliphatic heterocycles. The van der Waals surface area contributed by atoms with Crippen LogP contribution >= 0.6 is 0 Å². The van der Waals surface area contributed by atoms with Crippen molar-refractivity contribution in [2.24, 2.45) is 5.92 Å². The van der Waals surface area contributed by atoms with E-state index in [2.05, 4.69) is 0 Å². The summed E-state index contributed by atoms with van der Waals surface area (Å²) in [6.07, 6.45) is -4.60. The summed E-state index contributed by atoms with van der Waals surface area (Å²) in [5.41, 5.74) is 2.45. The zero-order valence-electron chi connectivity index (χ0n) is 12.8. The average Bonchev–Trinajstić information content (AvgIpc) is 2.50. The van der Waals surface area contributed by atoms with Crippen molar-refractivity contribution in [2.45, 2.75) is 19.0 Å². The van der Waals surface area contributed by atoms with Crippen LogP contribution in [0.1, 0.15) is 22.6 Å². The lowest BCUT2D eigenvalue weighted by atomic mass is 9.75. The summed E-state index contributed by atoms with van der Waals surface area (Å²) < 4.78 is 40.9. The van der Waals surface area contributed by atoms with Crippen LogP contribution < -0.4 is 4.90 Å². The second-order valence-electron chi connectivity index (χ2n) is 5.87. The van der Waals surface area contributed by atoms with Gasteiger partial charge in [-0.15, -0.1) is 0 Å². The molecule has 0 fully saturated rings. The molecule has 0 spiro atoms. The van der Waals surface area contributed by atoms with Crippen molar-refractivity contribution in [2.75, 3.05) is 11.9 Å². The highest BCUT2D eigenvalue weighted by molar-refractivity contribution is 5.99. The van der Waals surface area contributed by atoms with Crippen LogP contribution in [0.3, 0.4) is 0 Å². The predicted octanol–water partition coefficient (Wildman–Crippen LogP) is 4.28. The number of anilines is 1. The van der Waals surface area contributed by atoms with Gasteiger partial charge >= 0.3 is 6.18 Å². The molecular formula is C18H16F3NO. The lowest BCUT2D eigenvalue weighted by molar-refractivity contribution is -0.184. The van der Waals surface area contributed by atoms with Crippen molar-refractivity contribution < 1.29 is 18.0 Å². The molecule has 0 saturated heterocycles. The van der Waals surface area contributed by atoms with Crippen LogP contribution in [0.25, 0.3) is 0 Å². The van der Waals surface area contributed by atoms with Gasteiger partial charge in [-0.05, 0) is 24.1 Å². The molecule has 1 heterocycles. The van der Waals surface area contributed by atoms with E-state index in [1.54, 1.807) is 48.5 Å². The number of hydrogen-bond donors (Lipinski definition) is 0. The summed E-state index contributed by atoms with van der Waals surface area (Å²) in [4.78, 5) is 13.5. The minimum atomic E-state index is -4.60. The number of alkyl halides is 3. The standard InChI is InChI=1S/C18H16F3NO/c1-11-8-9-14-13(10-11)15(12-6-4-3-5-7-12)16(18(19,20)21)17(23)22(14)2/h3-10,15-16H,1-2H3/t15-,16+/m1/s1. The third-order valence-electron chi connectivity index (χ3n) is 4.32. The van der Waals surface area contributed by atoms with Gasteiger partial charge in [0.2, 0.25) is 5.91 Å². The third-order valence-corrected chi connectivity index (χ3v) is 4.32. The van der Waals surface area contributed by atoms with E-state index in [1.807, 2.05) is 6.92 Å². The van der Waals surface area contributed by atoms with Gasteiger partial charge in [-0.2, -0.15) is 13.2 Å². The maximum Gasteiger partial charge on any atom is 0.401 e. The van der Waals surface area contributed by atoms with Gasteiger partial charge in [0.05, 0.1) is 0 Å². The maximum absolute atomic E-state index is 13.6. The van der Waals surface area contributed by atoms with E-state index < -0.39 is 23.9 Å². The Kier molecular flexibility index (Phi) is 3.66. The summed E-state index contributed by atoms with van der Waals surface area (Å²) in [5.74, 6) is -4.00. The molecule has 0 saturated carbocycles. The van der Waals surface area contributed by atoms with Crippen molar-refractivity contribution in [1.82, 2.24) is 0 Å². The number of nitrogens with zero attached hydrogens (tertiary/aromatic N) is 1. The van der Waals surface area contributed by atoms with E-state index in [1.165, 1.54) is 7.05 Å². The molecule has 120 valence electrons. The molecule has 23 heavy (non-hydrogen) atoms. The van der Waals surface area contributed by atoms with Gasteiger partial charge in [-0.25, -0.2) is 0 Å². The van der Waals surface area contributed by atoms with Crippen LogP contribution in [0.5, 0.6) is 0 Å². The van der Waals surface area contributed by atoms with Crippen molar-refractivity contribution in [3.63, 3.8) is 0 Å². The van der Waals surface area contributed by atoms with Crippen molar-refractivity contribution >= 4 is 11.6 Å². The summed E-state index contributed by atoms with van der Waals surface area (Å²) in [6.45, 7) is 1.83. The van der Waals surface area contributed by atoms with Crippen LogP contribution in [0.15, 0.2) is 48.5 Å². The van der Waals surface area contributed by atoms with Crippen LogP contribution in [0.4, 0.5) is 18.9 Å². The summed E-state index contributed by atoms with van der Waals surface area (Å²) in [6, 6.07) is 13.7. The molecule has 1 aliphatic rings. The second kappa shape index (κ2) is 5.41. The molecule has 0 aromatic heterocycles. The van der Waals surface area contributed by atoms with Crippen LogP contribution in [-0.2, 0) is 4.79 Å². The first-order valence-electron chi connectivity index (χ1n) is 7.30. The molecular weight excluding hydrogens is 303 g/mol. The fourth-order valence-electron chi connectivity index (χ4n) is 3.24. The zero-order chi connectivity index (χ0) is 16.8. The smallest absolute Gasteiger partial charge is 0.315 e. The first kappa shape index (κ1) is 15.6. The maximum atomic E-state index is 13.6. The van der Waals surface area contributed by atoms with Crippen LogP contribution in [-0.4, -0.2) is 19.1 Å². The first-order valence-corrected chi connectivity index (χ1v) is 7.30. The van der Waals surface area contributed by atoms with Gasteiger partial charge in [0.1, 0.15) is 5.92 Å². The number of carbonyl (C=O) groups excluding carboxylic acids is 1. The fourth-order valence-corrected chi connectivity index (χ4v) is 3.24. The molecule has 5 heteroatoms. The molecule has 2 aromatic rings. The van der Waals surface area contributed by atoms with E-state index in [0.717, 1.165) is 10.5 Å². The van der Waals surface area contributed by atoms with E-state index in [-0.39, 0.29) is 0 Å². The highest BCUT2D eigenvalue weighted by atomic mass is 19.4. The molecule has 1 amide bonds. The summed E-state index contributed by atoms with van der Waals surface area (Å²) in [7, 11) is 1.40. The van der Waals surface area contributed by atoms with Gasteiger partial charge in [0, 0.05) is 18.7 Å². The van der Waals surface area contributed by atoms with Gasteiger partial charge < -0.3 is 4.90 Å². The van der Waals surface area contributed by atoms with E-state index >= 15 is 0 Å². The van der Waals surface area contributed by atoms with Crippen LogP contribution in [0, 0.1) is 12.8 Å². The van der Waals surface area contributed by atoms with Gasteiger partial charge in [-0.3, -0.25) is 4.79 Å². The Hall–Kier alpha value is -2.30. The minimum absolute atomic E-state index is 0.503. The molecule has 0 N–H and O–H groups in total. The lowest BCUT2D eigenvalue weighted by Gasteiger charge is -2.39. The van der Waals surface area contributed by atoms with Crippen molar-refractivity contribution in [3.05, 3.63) is 65.2 Å². The number of benzene rings is 2. The Morgan fingerprint density at radius 3 is 2.30 bits per heavy atom. The lowest BCUT2D eigenvalue weighted by Crippen LogP contribution is -2.48. The number of hydrogen-bond acceptors (Lipinski definition) is 1. The molecule has 0 aliphatic carbocycles. The third kappa shape index (κ3) is 2.60. The second-order valence-corrected chi connectivity index (χ2v) is 5.87. The van der Waals surface area contributed by atoms with Crippen molar-refractivity contribution in [1.29, 1.82) is 0 Å². The number of amides is 1. The number of aryl methyl sites for hydroxylation is 1. The van der Waals surface area contributed by atoms with E-state index in [9.17, 15) is 18.0 Å². The number of carbonyl (C=O) groups is 1. The Labute approximate surface area is 132 Å². The molecule has 0 radical (unpaired) electrons. The first-order chi connectivity index (χ1) is 10.8. The van der Waals surface area contributed by atoms with Gasteiger partial charge in [0.15, 0.2) is 0 Å². The molecule has 3 rings (SSSR count). The number of fused-ring (bicyclic) bond motifs is 1. The molecule has 2 aromatic carbocycles. The number of halogens is 3. The van der Waals surface area contributed by atoms with Crippen LogP contribution in [0.2, 0.25) is 0 Å². The monoisotopic (exact) mass is 319 g/mol. The molecule has 2 atom stereocenters. The summed E-state index contributed by atoms with van der Waals surface area (Å²) in [5, 5.41) is 0. The van der Waals surface area contributed by atoms with Gasteiger partial charge in [0.25, 0.3) is 0 Å². The Morgan fingerprint density at radius 2 is 1.70 bits per heavy atom. The Morgan fingerprint density at radius 1 is 1.04 bits per heavy atom. The normalized spacial score (nSPS) is 21.3. The highest BCUT2D eigenvalue weighted by Gasteiger charge is 2.54. The zero-order valence-corrected chi connectivity index (χ0v) is 12.8. The van der Waals surface area contributed by atoms with E-state index in [4.69, 9.17) is 0 Å². The highest BCUT2D eigenvalue weighted by Crippen LogP contribution is 2.49. The average molecular weight is 319 g/mol. The molecule has 0 bridgehead atoms. The fraction of sp³-hybridized carbons (Fsp3) is 0.278. The van der Waals surface area contributed by atoms with Crippen molar-refractivity contribution in [3.8, 4) is 0 Å². The SMILES string of the molecule is Cc1ccc2c(c1)[C@@H](c1ccccc1)[C@H](C(F)(F)F)C(=O)N2C. The molecule has 0 unspecified atom stereocenters. The minimum Gasteiger partial charge on any atom is -0.315 e. The van der Waals surface area contributed by atoms with E-state index in [0.29, 0.717) is 16.8 Å². The van der Waals surface area contributed by atoms with Gasteiger partial charge in [-0.1, -0.05) is 48.0 Å². The quantitative estimate of drug-likeness (QED) is 0.768. The Balaban J connectivity index is 2.28. The Bertz CT molecular complexity index is 740.